The van der Waals surface area contributed by atoms with Crippen LogP contribution in [0.1, 0.15) is 11.7 Å². The minimum Gasteiger partial charge on any atom is -0.503 e. The standard InChI is InChI=1S/C9H9BrO5/c1-15-6-3-4(7(11)9(13)14)2-5(10)8(6)12/h2-3,7,11-12H,1H3,(H,13,14). The molecule has 0 saturated carbocycles. The summed E-state index contributed by atoms with van der Waals surface area (Å²) in [6, 6.07) is 2.58. The van der Waals surface area contributed by atoms with E-state index in [4.69, 9.17) is 9.84 Å². The first-order valence-electron chi connectivity index (χ1n) is 3.94. The number of rotatable bonds is 3. The van der Waals surface area contributed by atoms with Crippen LogP contribution in [0.4, 0.5) is 0 Å². The Morgan fingerprint density at radius 2 is 2.13 bits per heavy atom. The Morgan fingerprint density at radius 1 is 1.53 bits per heavy atom. The van der Waals surface area contributed by atoms with Crippen LogP contribution < -0.4 is 4.74 Å². The Morgan fingerprint density at radius 3 is 2.60 bits per heavy atom. The Labute approximate surface area is 94.1 Å². The number of aromatic hydroxyl groups is 1. The summed E-state index contributed by atoms with van der Waals surface area (Å²) in [5.74, 6) is -1.41. The van der Waals surface area contributed by atoms with Gasteiger partial charge in [-0.1, -0.05) is 0 Å². The Kier molecular flexibility index (Phi) is 3.54. The van der Waals surface area contributed by atoms with Crippen LogP contribution in [0.15, 0.2) is 16.6 Å². The topological polar surface area (TPSA) is 87.0 Å². The maximum absolute atomic E-state index is 10.5. The number of hydrogen-bond donors (Lipinski definition) is 3. The third kappa shape index (κ3) is 2.40. The summed E-state index contributed by atoms with van der Waals surface area (Å²) in [7, 11) is 1.33. The van der Waals surface area contributed by atoms with Gasteiger partial charge in [0.25, 0.3) is 0 Å². The SMILES string of the molecule is COc1cc(C(O)C(=O)O)cc(Br)c1O. The molecule has 1 aromatic carbocycles. The first kappa shape index (κ1) is 11.8. The van der Waals surface area contributed by atoms with Crippen LogP contribution in [0, 0.1) is 0 Å². The van der Waals surface area contributed by atoms with E-state index in [0.29, 0.717) is 0 Å². The van der Waals surface area contributed by atoms with Gasteiger partial charge in [0.2, 0.25) is 0 Å². The number of methoxy groups -OCH3 is 1. The Bertz CT molecular complexity index is 390. The highest BCUT2D eigenvalue weighted by molar-refractivity contribution is 9.10. The van der Waals surface area contributed by atoms with E-state index in [9.17, 15) is 15.0 Å². The lowest BCUT2D eigenvalue weighted by molar-refractivity contribution is -0.146. The van der Waals surface area contributed by atoms with Crippen molar-refractivity contribution in [1.82, 2.24) is 0 Å². The van der Waals surface area contributed by atoms with Gasteiger partial charge in [-0.25, -0.2) is 4.79 Å². The summed E-state index contributed by atoms with van der Waals surface area (Å²) < 4.78 is 5.07. The fraction of sp³-hybridized carbons (Fsp3) is 0.222. The van der Waals surface area contributed by atoms with Gasteiger partial charge in [-0.3, -0.25) is 0 Å². The number of ether oxygens (including phenoxy) is 1. The molecule has 82 valence electrons. The van der Waals surface area contributed by atoms with Gasteiger partial charge in [0.1, 0.15) is 0 Å². The molecule has 0 heterocycles. The number of carboxylic acids is 1. The van der Waals surface area contributed by atoms with E-state index in [0.717, 1.165) is 0 Å². The molecule has 1 unspecified atom stereocenters. The molecule has 0 aliphatic heterocycles. The summed E-state index contributed by atoms with van der Waals surface area (Å²) in [5, 5.41) is 27.3. The number of carboxylic acid groups (broad SMARTS) is 1. The minimum absolute atomic E-state index is 0.0969. The molecular formula is C9H9BrO5. The molecule has 1 aromatic rings. The van der Waals surface area contributed by atoms with Crippen LogP contribution in [0.2, 0.25) is 0 Å². The normalized spacial score (nSPS) is 12.2. The van der Waals surface area contributed by atoms with Crippen molar-refractivity contribution in [3.8, 4) is 11.5 Å². The van der Waals surface area contributed by atoms with Crippen molar-refractivity contribution in [2.45, 2.75) is 6.10 Å². The van der Waals surface area contributed by atoms with Gasteiger partial charge in [-0.2, -0.15) is 0 Å². The van der Waals surface area contributed by atoms with E-state index in [2.05, 4.69) is 15.9 Å². The molecule has 1 atom stereocenters. The zero-order valence-corrected chi connectivity index (χ0v) is 9.35. The Hall–Kier alpha value is -1.27. The van der Waals surface area contributed by atoms with Crippen molar-refractivity contribution in [2.75, 3.05) is 7.11 Å². The van der Waals surface area contributed by atoms with Gasteiger partial charge in [0.15, 0.2) is 17.6 Å². The van der Waals surface area contributed by atoms with E-state index < -0.39 is 12.1 Å². The zero-order valence-electron chi connectivity index (χ0n) is 7.77. The summed E-state index contributed by atoms with van der Waals surface area (Å²) >= 11 is 3.02. The number of phenols is 1. The molecule has 15 heavy (non-hydrogen) atoms. The molecule has 0 aliphatic rings. The molecule has 1 rings (SSSR count). The number of aliphatic carboxylic acids is 1. The van der Waals surface area contributed by atoms with Gasteiger partial charge in [0.05, 0.1) is 11.6 Å². The zero-order chi connectivity index (χ0) is 11.6. The predicted molar refractivity (Wildman–Crippen MR) is 55.0 cm³/mol. The van der Waals surface area contributed by atoms with Crippen molar-refractivity contribution in [2.24, 2.45) is 0 Å². The highest BCUT2D eigenvalue weighted by Gasteiger charge is 2.19. The molecule has 0 radical (unpaired) electrons. The summed E-state index contributed by atoms with van der Waals surface area (Å²) in [4.78, 5) is 10.5. The van der Waals surface area contributed by atoms with Crippen molar-refractivity contribution in [3.63, 3.8) is 0 Å². The molecule has 0 amide bonds. The second kappa shape index (κ2) is 4.50. The average molecular weight is 277 g/mol. The number of aliphatic hydroxyl groups excluding tert-OH is 1. The van der Waals surface area contributed by atoms with E-state index in [1.165, 1.54) is 19.2 Å². The van der Waals surface area contributed by atoms with Gasteiger partial charge in [0, 0.05) is 0 Å². The van der Waals surface area contributed by atoms with Crippen LogP contribution in [0.3, 0.4) is 0 Å². The molecule has 0 spiro atoms. The maximum Gasteiger partial charge on any atom is 0.337 e. The molecule has 6 heteroatoms. The van der Waals surface area contributed by atoms with Crippen LogP contribution in [0.25, 0.3) is 0 Å². The highest BCUT2D eigenvalue weighted by Crippen LogP contribution is 2.36. The summed E-state index contributed by atoms with van der Waals surface area (Å²) in [5.41, 5.74) is 0.129. The van der Waals surface area contributed by atoms with Crippen LogP contribution in [-0.4, -0.2) is 28.4 Å². The summed E-state index contributed by atoms with van der Waals surface area (Å²) in [6.07, 6.45) is -1.64. The van der Waals surface area contributed by atoms with E-state index >= 15 is 0 Å². The second-order valence-corrected chi connectivity index (χ2v) is 3.65. The first-order valence-corrected chi connectivity index (χ1v) is 4.74. The van der Waals surface area contributed by atoms with Gasteiger partial charge < -0.3 is 20.1 Å². The predicted octanol–water partition coefficient (Wildman–Crippen LogP) is 1.28. The van der Waals surface area contributed by atoms with E-state index in [1.807, 2.05) is 0 Å². The van der Waals surface area contributed by atoms with E-state index in [1.54, 1.807) is 0 Å². The first-order chi connectivity index (χ1) is 6.97. The highest BCUT2D eigenvalue weighted by atomic mass is 79.9. The van der Waals surface area contributed by atoms with Crippen molar-refractivity contribution in [1.29, 1.82) is 0 Å². The smallest absolute Gasteiger partial charge is 0.337 e. The number of phenolic OH excluding ortho intramolecular Hbond substituents is 1. The lowest BCUT2D eigenvalue weighted by Crippen LogP contribution is -2.10. The van der Waals surface area contributed by atoms with Crippen molar-refractivity contribution >= 4 is 21.9 Å². The lowest BCUT2D eigenvalue weighted by Gasteiger charge is -2.10. The number of hydrogen-bond acceptors (Lipinski definition) is 4. The number of aliphatic hydroxyl groups is 1. The summed E-state index contributed by atoms with van der Waals surface area (Å²) in [6.45, 7) is 0. The molecular weight excluding hydrogens is 268 g/mol. The Balaban J connectivity index is 3.22. The quantitative estimate of drug-likeness (QED) is 0.774. The molecule has 0 saturated heterocycles. The fourth-order valence-electron chi connectivity index (χ4n) is 1.05. The monoisotopic (exact) mass is 276 g/mol. The number of carbonyl (C=O) groups is 1. The van der Waals surface area contributed by atoms with Crippen LogP contribution >= 0.6 is 15.9 Å². The molecule has 0 bridgehead atoms. The second-order valence-electron chi connectivity index (χ2n) is 2.79. The minimum atomic E-state index is -1.64. The fourth-order valence-corrected chi connectivity index (χ4v) is 1.51. The number of halogens is 1. The largest absolute Gasteiger partial charge is 0.503 e. The lowest BCUT2D eigenvalue weighted by atomic mass is 10.1. The molecule has 3 N–H and O–H groups in total. The molecule has 5 nitrogen and oxygen atoms in total. The van der Waals surface area contributed by atoms with Crippen LogP contribution in [-0.2, 0) is 4.79 Å². The van der Waals surface area contributed by atoms with Crippen molar-refractivity contribution < 1.29 is 24.9 Å². The molecule has 0 aromatic heterocycles. The van der Waals surface area contributed by atoms with Gasteiger partial charge in [-0.15, -0.1) is 0 Å². The average Bonchev–Trinajstić information content (AvgIpc) is 2.20. The number of benzene rings is 1. The van der Waals surface area contributed by atoms with Gasteiger partial charge >= 0.3 is 5.97 Å². The maximum atomic E-state index is 10.5. The third-order valence-electron chi connectivity index (χ3n) is 1.82. The van der Waals surface area contributed by atoms with Gasteiger partial charge in [-0.05, 0) is 33.6 Å². The van der Waals surface area contributed by atoms with E-state index in [-0.39, 0.29) is 21.5 Å². The van der Waals surface area contributed by atoms with Crippen LogP contribution in [0.5, 0.6) is 11.5 Å². The van der Waals surface area contributed by atoms with Crippen molar-refractivity contribution in [3.05, 3.63) is 22.2 Å². The molecule has 0 aliphatic carbocycles. The molecule has 0 fully saturated rings. The third-order valence-corrected chi connectivity index (χ3v) is 2.42.